The fraction of sp³-hybridized carbons (Fsp3) is 0.469. The van der Waals surface area contributed by atoms with Gasteiger partial charge in [0.25, 0.3) is 0 Å². The summed E-state index contributed by atoms with van der Waals surface area (Å²) in [5, 5.41) is 0. The van der Waals surface area contributed by atoms with Crippen molar-refractivity contribution in [2.75, 3.05) is 0 Å². The van der Waals surface area contributed by atoms with Gasteiger partial charge in [-0.3, -0.25) is 0 Å². The van der Waals surface area contributed by atoms with Gasteiger partial charge in [0.2, 0.25) is 0 Å². The number of halogens is 2. The Morgan fingerprint density at radius 3 is 1.86 bits per heavy atom. The predicted molar refractivity (Wildman–Crippen MR) is 144 cm³/mol. The number of rotatable bonds is 2. The molecule has 2 aromatic rings. The second kappa shape index (κ2) is 10.2. The van der Waals surface area contributed by atoms with E-state index in [4.69, 9.17) is 4.26 Å². The molecule has 0 nitrogen and oxygen atoms in total. The van der Waals surface area contributed by atoms with Crippen LogP contribution in [0.15, 0.2) is 51.4 Å². The minimum Gasteiger partial charge on any atom is -1.00 e. The zero-order valence-corrected chi connectivity index (χ0v) is 28.4. The van der Waals surface area contributed by atoms with Gasteiger partial charge < -0.3 is 24.8 Å². The smallest absolute Gasteiger partial charge is 1.00 e. The van der Waals surface area contributed by atoms with Crippen LogP contribution in [-0.4, -0.2) is 4.26 Å². The van der Waals surface area contributed by atoms with Crippen molar-refractivity contribution in [2.45, 2.75) is 86.5 Å². The quantitative estimate of drug-likeness (QED) is 0.365. The predicted octanol–water partition coefficient (Wildman–Crippen LogP) is 2.04. The molecule has 35 heavy (non-hydrogen) atoms. The topological polar surface area (TPSA) is 0 Å². The van der Waals surface area contributed by atoms with Crippen molar-refractivity contribution >= 4 is 7.58 Å². The molecule has 0 heterocycles. The van der Waals surface area contributed by atoms with Crippen molar-refractivity contribution < 1.29 is 45.8 Å². The van der Waals surface area contributed by atoms with E-state index in [1.165, 1.54) is 33.4 Å². The Bertz CT molecular complexity index is 1210. The third-order valence-corrected chi connectivity index (χ3v) is 16.1. The summed E-state index contributed by atoms with van der Waals surface area (Å²) >= 11 is -2.46. The molecule has 1 unspecified atom stereocenters. The average Bonchev–Trinajstić information content (AvgIpc) is 3.25. The molecule has 2 aliphatic rings. The van der Waals surface area contributed by atoms with Crippen molar-refractivity contribution in [1.82, 2.24) is 0 Å². The Morgan fingerprint density at radius 2 is 1.34 bits per heavy atom. The van der Waals surface area contributed by atoms with Crippen LogP contribution in [0.3, 0.4) is 0 Å². The molecule has 2 aliphatic carbocycles. The van der Waals surface area contributed by atoms with Crippen molar-refractivity contribution in [1.29, 1.82) is 0 Å². The molecule has 3 heteroatoms. The van der Waals surface area contributed by atoms with Gasteiger partial charge >= 0.3 is 211 Å². The SMILES string of the molecule is [CH2]=[Hf+2]([C]1=CC(C(C)(C)C)=CC1C)[c]1cc(C(C)(C)C)cc2c1Cc1ccc(C(C)(C)C)cc1-2.[Cl-].[Cl-]. The van der Waals surface area contributed by atoms with Crippen molar-refractivity contribution in [3.05, 3.63) is 73.6 Å². The minimum absolute atomic E-state index is 0. The summed E-state index contributed by atoms with van der Waals surface area (Å²) in [6.45, 7) is 23.4. The van der Waals surface area contributed by atoms with Crippen molar-refractivity contribution in [2.24, 2.45) is 11.3 Å². The summed E-state index contributed by atoms with van der Waals surface area (Å²) in [7, 11) is 0. The molecule has 0 saturated carbocycles. The normalized spacial score (nSPS) is 16.8. The Labute approximate surface area is 234 Å². The van der Waals surface area contributed by atoms with Gasteiger partial charge in [-0.1, -0.05) is 0 Å². The molecule has 0 spiro atoms. The molecule has 0 bridgehead atoms. The molecule has 4 rings (SSSR count). The van der Waals surface area contributed by atoms with Crippen LogP contribution in [-0.2, 0) is 38.2 Å². The molecular formula is C32H42Cl2Hf. The first-order chi connectivity index (χ1) is 15.1. The van der Waals surface area contributed by atoms with Gasteiger partial charge in [0.1, 0.15) is 0 Å². The maximum atomic E-state index is 4.99. The molecule has 1 atom stereocenters. The first kappa shape index (κ1) is 30.5. The second-order valence-corrected chi connectivity index (χ2v) is 20.8. The summed E-state index contributed by atoms with van der Waals surface area (Å²) in [5.74, 6) is 0.532. The third-order valence-electron chi connectivity index (χ3n) is 7.52. The van der Waals surface area contributed by atoms with Crippen LogP contribution in [0.1, 0.15) is 91.5 Å². The van der Waals surface area contributed by atoms with Gasteiger partial charge in [0.15, 0.2) is 0 Å². The van der Waals surface area contributed by atoms with Crippen LogP contribution >= 0.6 is 0 Å². The number of benzene rings is 2. The maximum Gasteiger partial charge on any atom is -1.00 e. The van der Waals surface area contributed by atoms with Crippen LogP contribution in [0, 0.1) is 11.3 Å². The Hall–Kier alpha value is -0.760. The van der Waals surface area contributed by atoms with Gasteiger partial charge in [-0.05, 0) is 0 Å². The summed E-state index contributed by atoms with van der Waals surface area (Å²) in [6.07, 6.45) is 6.11. The molecule has 0 saturated heterocycles. The van der Waals surface area contributed by atoms with E-state index in [1.54, 1.807) is 12.2 Å². The van der Waals surface area contributed by atoms with E-state index in [1.807, 2.05) is 0 Å². The molecule has 0 fully saturated rings. The number of hydrogen-bond acceptors (Lipinski definition) is 0. The van der Waals surface area contributed by atoms with E-state index in [0.717, 1.165) is 6.42 Å². The molecule has 0 aromatic heterocycles. The Balaban J connectivity index is 0.00000216. The molecule has 0 N–H and O–H groups in total. The van der Waals surface area contributed by atoms with Gasteiger partial charge in [-0.25, -0.2) is 0 Å². The van der Waals surface area contributed by atoms with Gasteiger partial charge in [0, 0.05) is 0 Å². The fourth-order valence-corrected chi connectivity index (χ4v) is 13.0. The molecular weight excluding hydrogens is 634 g/mol. The largest absolute Gasteiger partial charge is 1.00 e. The van der Waals surface area contributed by atoms with Crippen LogP contribution in [0.4, 0.5) is 0 Å². The summed E-state index contributed by atoms with van der Waals surface area (Å²) in [6, 6.07) is 12.3. The molecule has 2 aromatic carbocycles. The number of hydrogen-bond donors (Lipinski definition) is 0. The van der Waals surface area contributed by atoms with Gasteiger partial charge in [0.05, 0.1) is 0 Å². The van der Waals surface area contributed by atoms with E-state index < -0.39 is 21.0 Å². The van der Waals surface area contributed by atoms with Gasteiger partial charge in [-0.2, -0.15) is 0 Å². The first-order valence-corrected chi connectivity index (χ1v) is 18.7. The molecule has 188 valence electrons. The van der Waals surface area contributed by atoms with E-state index in [2.05, 4.69) is 112 Å². The second-order valence-electron chi connectivity index (χ2n) is 13.3. The van der Waals surface area contributed by atoms with Crippen molar-refractivity contribution in [3.63, 3.8) is 0 Å². The van der Waals surface area contributed by atoms with E-state index in [9.17, 15) is 0 Å². The minimum atomic E-state index is -2.46. The maximum absolute atomic E-state index is 4.99. The molecule has 0 amide bonds. The van der Waals surface area contributed by atoms with E-state index in [-0.39, 0.29) is 41.1 Å². The first-order valence-electron chi connectivity index (χ1n) is 12.5. The zero-order valence-electron chi connectivity index (χ0n) is 23.3. The van der Waals surface area contributed by atoms with Crippen LogP contribution in [0.25, 0.3) is 11.1 Å². The number of allylic oxidation sites excluding steroid dienone is 4. The molecule has 0 radical (unpaired) electrons. The summed E-state index contributed by atoms with van der Waals surface area (Å²) in [4.78, 5) is 0. The van der Waals surface area contributed by atoms with Crippen LogP contribution in [0.2, 0.25) is 0 Å². The van der Waals surface area contributed by atoms with E-state index in [0.29, 0.717) is 5.92 Å². The number of fused-ring (bicyclic) bond motifs is 3. The Morgan fingerprint density at radius 1 is 0.771 bits per heavy atom. The van der Waals surface area contributed by atoms with E-state index >= 15 is 0 Å². The van der Waals surface area contributed by atoms with Gasteiger partial charge in [-0.15, -0.1) is 0 Å². The monoisotopic (exact) mass is 676 g/mol. The summed E-state index contributed by atoms with van der Waals surface area (Å²) in [5.41, 5.74) is 10.9. The van der Waals surface area contributed by atoms with Crippen LogP contribution in [0.5, 0.6) is 0 Å². The fourth-order valence-electron chi connectivity index (χ4n) is 5.13. The zero-order chi connectivity index (χ0) is 24.5. The summed E-state index contributed by atoms with van der Waals surface area (Å²) < 4.78 is 8.30. The van der Waals surface area contributed by atoms with Crippen molar-refractivity contribution in [3.8, 4) is 11.1 Å². The Kier molecular flexibility index (Phi) is 8.87. The third kappa shape index (κ3) is 5.89. The average molecular weight is 676 g/mol. The molecule has 0 aliphatic heterocycles. The van der Waals surface area contributed by atoms with Crippen LogP contribution < -0.4 is 28.1 Å². The standard InChI is InChI=1S/C21H25.C10H15.CH2.2ClH.Hf/c1-20(2,3)16-9-7-14-11-15-8-10-17(21(4,5)6)13-19(15)18(14)12-16;1-8-5-6-9(7-8)10(2,3)4;;;;/h7,9-10,12-13H,11H2,1-6H3;6-8H,1-4H3;1H2;2*1H;/q;;;;;+2/p-2.